The van der Waals surface area contributed by atoms with Crippen molar-refractivity contribution in [3.63, 3.8) is 0 Å². The summed E-state index contributed by atoms with van der Waals surface area (Å²) < 4.78 is 15.3. The number of aromatic nitrogens is 11. The van der Waals surface area contributed by atoms with Crippen LogP contribution in [0, 0.1) is 13.8 Å². The molecule has 5 rings (SSSR count). The summed E-state index contributed by atoms with van der Waals surface area (Å²) in [4.78, 5) is 41.6. The minimum Gasteiger partial charge on any atom is -0.467 e. The fraction of sp³-hybridized carbons (Fsp3) is 0.280. The first-order chi connectivity index (χ1) is 22.0. The molecule has 0 saturated heterocycles. The third kappa shape index (κ3) is 5.52. The molecule has 0 fully saturated rings. The Hall–Kier alpha value is -6.38. The van der Waals surface area contributed by atoms with E-state index >= 15 is 0 Å². The fourth-order valence-corrected chi connectivity index (χ4v) is 4.20. The van der Waals surface area contributed by atoms with E-state index in [9.17, 15) is 14.7 Å². The molecule has 5 heterocycles. The number of aliphatic imine (C=N–C) groups is 1. The number of hydrogen-bond donors (Lipinski definition) is 3. The molecule has 0 unspecified atom stereocenters. The van der Waals surface area contributed by atoms with Crippen LogP contribution in [0.2, 0.25) is 0 Å². The molecule has 5 aromatic rings. The number of rotatable bonds is 10. The number of azo groups is 1. The summed E-state index contributed by atoms with van der Waals surface area (Å²) in [5, 5.41) is 34.5. The first kappa shape index (κ1) is 31.1. The van der Waals surface area contributed by atoms with Crippen molar-refractivity contribution in [2.24, 2.45) is 29.3 Å². The molecule has 21 heteroatoms. The third-order valence-corrected chi connectivity index (χ3v) is 6.58. The Balaban J connectivity index is 1.53. The standard InChI is InChI=1S/C25H28N16O5/c1-11-17(28-9-15-13(22(44)45-5)7-29-38(15)3)19(26)40(36-11)23-31-24(33-25(32-23)46-6)41-20(27)18(12(2)37-41)34-35-21-14(16(43)10-42)8-30-39(21)4/h7-9,42H,10,26-27H2,1-6H3. The van der Waals surface area contributed by atoms with Crippen molar-refractivity contribution in [1.82, 2.24) is 54.1 Å². The highest BCUT2D eigenvalue weighted by molar-refractivity contribution is 6.00. The summed E-state index contributed by atoms with van der Waals surface area (Å²) >= 11 is 0. The number of anilines is 2. The number of hydrogen-bond acceptors (Lipinski definition) is 17. The normalized spacial score (nSPS) is 11.6. The number of nitrogen functional groups attached to an aromatic ring is 2. The number of aliphatic hydroxyl groups excluding tert-OH is 1. The smallest absolute Gasteiger partial charge is 0.341 e. The van der Waals surface area contributed by atoms with Crippen LogP contribution < -0.4 is 16.2 Å². The maximum Gasteiger partial charge on any atom is 0.341 e. The zero-order chi connectivity index (χ0) is 33.3. The van der Waals surface area contributed by atoms with Crippen molar-refractivity contribution in [2.45, 2.75) is 13.8 Å². The lowest BCUT2D eigenvalue weighted by Gasteiger charge is -2.08. The summed E-state index contributed by atoms with van der Waals surface area (Å²) in [7, 11) is 5.85. The van der Waals surface area contributed by atoms with Gasteiger partial charge in [0.2, 0.25) is 0 Å². The number of methoxy groups -OCH3 is 2. The SMILES string of the molecule is COC(=O)c1cnn(C)c1C=Nc1c(C)nn(-c2nc(OC)nc(-n3nc(C)c(N=Nc4c(C(=O)CO)cnn4C)c3N)n2)c1N. The number of carbonyl (C=O) groups is 2. The summed E-state index contributed by atoms with van der Waals surface area (Å²) in [6.07, 6.45) is 4.07. The molecule has 0 aliphatic carbocycles. The van der Waals surface area contributed by atoms with Crippen LogP contribution in [0.3, 0.4) is 0 Å². The molecule has 5 N–H and O–H groups in total. The molecule has 0 atom stereocenters. The van der Waals surface area contributed by atoms with E-state index in [2.05, 4.69) is 50.6 Å². The number of Topliss-reactive ketones (excluding diaryl/α,β-unsaturated/α-hetero) is 1. The lowest BCUT2D eigenvalue weighted by atomic mass is 10.2. The molecule has 5 aromatic heterocycles. The average molecular weight is 633 g/mol. The number of nitrogens with two attached hydrogens (primary N) is 2. The lowest BCUT2D eigenvalue weighted by molar-refractivity contribution is 0.0600. The molecule has 0 aromatic carbocycles. The monoisotopic (exact) mass is 632 g/mol. The predicted molar refractivity (Wildman–Crippen MR) is 160 cm³/mol. The number of ether oxygens (including phenoxy) is 2. The Kier molecular flexibility index (Phi) is 8.31. The number of carbonyl (C=O) groups excluding carboxylic acids is 2. The largest absolute Gasteiger partial charge is 0.467 e. The first-order valence-corrected chi connectivity index (χ1v) is 13.2. The van der Waals surface area contributed by atoms with E-state index in [-0.39, 0.29) is 57.9 Å². The highest BCUT2D eigenvalue weighted by Gasteiger charge is 2.23. The lowest BCUT2D eigenvalue weighted by Crippen LogP contribution is -2.14. The van der Waals surface area contributed by atoms with Gasteiger partial charge in [-0.2, -0.15) is 44.7 Å². The maximum atomic E-state index is 12.1. The molecular weight excluding hydrogens is 604 g/mol. The molecule has 0 aliphatic rings. The Bertz CT molecular complexity index is 1890. The van der Waals surface area contributed by atoms with Gasteiger partial charge in [-0.05, 0) is 13.8 Å². The van der Waals surface area contributed by atoms with E-state index in [1.165, 1.54) is 51.6 Å². The van der Waals surface area contributed by atoms with Crippen LogP contribution in [0.25, 0.3) is 11.9 Å². The predicted octanol–water partition coefficient (Wildman–Crippen LogP) is 0.627. The highest BCUT2D eigenvalue weighted by Crippen LogP contribution is 2.32. The molecule has 0 spiro atoms. The topological polar surface area (TPSA) is 272 Å². The van der Waals surface area contributed by atoms with Gasteiger partial charge >= 0.3 is 12.0 Å². The molecule has 46 heavy (non-hydrogen) atoms. The van der Waals surface area contributed by atoms with E-state index in [0.717, 1.165) is 0 Å². The van der Waals surface area contributed by atoms with Crippen molar-refractivity contribution in [3.05, 3.63) is 40.6 Å². The van der Waals surface area contributed by atoms with Crippen LogP contribution in [-0.4, -0.2) is 98.0 Å². The average Bonchev–Trinajstić information content (AvgIpc) is 3.77. The Labute approximate surface area is 259 Å². The van der Waals surface area contributed by atoms with E-state index in [0.29, 0.717) is 17.1 Å². The molecule has 0 saturated carbocycles. The second-order valence-corrected chi connectivity index (χ2v) is 9.49. The van der Waals surface area contributed by atoms with E-state index in [1.54, 1.807) is 27.9 Å². The van der Waals surface area contributed by atoms with Gasteiger partial charge in [-0.15, -0.1) is 10.2 Å². The Morgan fingerprint density at radius 3 is 2.09 bits per heavy atom. The second kappa shape index (κ2) is 12.3. The minimum absolute atomic E-state index is 0.00477. The minimum atomic E-state index is -0.717. The van der Waals surface area contributed by atoms with Crippen LogP contribution in [0.5, 0.6) is 6.01 Å². The first-order valence-electron chi connectivity index (χ1n) is 13.2. The van der Waals surface area contributed by atoms with Crippen molar-refractivity contribution < 1.29 is 24.2 Å². The van der Waals surface area contributed by atoms with Gasteiger partial charge in [-0.1, -0.05) is 0 Å². The van der Waals surface area contributed by atoms with Gasteiger partial charge in [-0.3, -0.25) is 9.48 Å². The Morgan fingerprint density at radius 1 is 0.891 bits per heavy atom. The van der Waals surface area contributed by atoms with Gasteiger partial charge in [-0.25, -0.2) is 14.5 Å². The summed E-state index contributed by atoms with van der Waals surface area (Å²) in [5.74, 6) is -1.06. The molecule has 0 radical (unpaired) electrons. The third-order valence-electron chi connectivity index (χ3n) is 6.58. The number of ketones is 1. The van der Waals surface area contributed by atoms with E-state index in [4.69, 9.17) is 20.9 Å². The summed E-state index contributed by atoms with van der Waals surface area (Å²) in [6, 6.07) is -0.104. The van der Waals surface area contributed by atoms with Crippen molar-refractivity contribution in [1.29, 1.82) is 0 Å². The summed E-state index contributed by atoms with van der Waals surface area (Å²) in [5.41, 5.74) is 14.7. The van der Waals surface area contributed by atoms with Crippen molar-refractivity contribution in [2.75, 3.05) is 32.3 Å². The van der Waals surface area contributed by atoms with Crippen LogP contribution in [0.15, 0.2) is 27.6 Å². The van der Waals surface area contributed by atoms with Crippen LogP contribution in [0.1, 0.15) is 37.8 Å². The molecule has 0 aliphatic heterocycles. The number of nitrogens with zero attached hydrogens (tertiary/aromatic N) is 14. The zero-order valence-electron chi connectivity index (χ0n) is 25.4. The molecular formula is C25H28N16O5. The molecule has 238 valence electrons. The van der Waals surface area contributed by atoms with E-state index < -0.39 is 18.4 Å². The number of aryl methyl sites for hydroxylation is 4. The van der Waals surface area contributed by atoms with Crippen LogP contribution >= 0.6 is 0 Å². The van der Waals surface area contributed by atoms with Gasteiger partial charge in [0.1, 0.15) is 17.9 Å². The van der Waals surface area contributed by atoms with Gasteiger partial charge in [0, 0.05) is 14.1 Å². The van der Waals surface area contributed by atoms with Gasteiger partial charge in [0.25, 0.3) is 11.9 Å². The van der Waals surface area contributed by atoms with Gasteiger partial charge < -0.3 is 26.0 Å². The van der Waals surface area contributed by atoms with Gasteiger partial charge in [0.15, 0.2) is 28.9 Å². The second-order valence-electron chi connectivity index (χ2n) is 9.49. The summed E-state index contributed by atoms with van der Waals surface area (Å²) in [6.45, 7) is 2.60. The van der Waals surface area contributed by atoms with Crippen molar-refractivity contribution in [3.8, 4) is 17.9 Å². The molecule has 0 bridgehead atoms. The zero-order valence-corrected chi connectivity index (χ0v) is 25.4. The van der Waals surface area contributed by atoms with Crippen LogP contribution in [0.4, 0.5) is 28.8 Å². The van der Waals surface area contributed by atoms with Gasteiger partial charge in [0.05, 0.1) is 55.5 Å². The molecule has 0 amide bonds. The molecule has 21 nitrogen and oxygen atoms in total. The van der Waals surface area contributed by atoms with Crippen LogP contribution in [-0.2, 0) is 18.8 Å². The fourth-order valence-electron chi connectivity index (χ4n) is 4.20. The quantitative estimate of drug-likeness (QED) is 0.0824. The van der Waals surface area contributed by atoms with Crippen molar-refractivity contribution >= 4 is 46.8 Å². The maximum absolute atomic E-state index is 12.1. The van der Waals surface area contributed by atoms with E-state index in [1.807, 2.05) is 0 Å². The highest BCUT2D eigenvalue weighted by atomic mass is 16.5. The Morgan fingerprint density at radius 2 is 1.48 bits per heavy atom. The number of aliphatic hydroxyl groups is 1. The number of esters is 1.